The molecule has 4 rings (SSSR count). The first-order valence-electron chi connectivity index (χ1n) is 9.79. The van der Waals surface area contributed by atoms with Crippen LogP contribution >= 0.6 is 11.6 Å². The van der Waals surface area contributed by atoms with Crippen molar-refractivity contribution in [3.63, 3.8) is 0 Å². The van der Waals surface area contributed by atoms with Gasteiger partial charge in [-0.3, -0.25) is 4.79 Å². The maximum Gasteiger partial charge on any atom is 0.222 e. The molecule has 1 saturated carbocycles. The van der Waals surface area contributed by atoms with Gasteiger partial charge in [-0.1, -0.05) is 11.6 Å². The summed E-state index contributed by atoms with van der Waals surface area (Å²) in [6, 6.07) is 7.35. The van der Waals surface area contributed by atoms with Gasteiger partial charge in [-0.15, -0.1) is 0 Å². The second kappa shape index (κ2) is 8.05. The Bertz CT molecular complexity index is 864. The smallest absolute Gasteiger partial charge is 0.222 e. The van der Waals surface area contributed by atoms with E-state index < -0.39 is 0 Å². The fourth-order valence-electron chi connectivity index (χ4n) is 3.71. The number of benzene rings is 1. The lowest BCUT2D eigenvalue weighted by molar-refractivity contribution is 0.0975. The van der Waals surface area contributed by atoms with E-state index in [0.717, 1.165) is 42.9 Å². The zero-order valence-electron chi connectivity index (χ0n) is 16.0. The Morgan fingerprint density at radius 1 is 1.32 bits per heavy atom. The van der Waals surface area contributed by atoms with Crippen LogP contribution in [0.25, 0.3) is 0 Å². The molecule has 2 fully saturated rings. The van der Waals surface area contributed by atoms with E-state index in [1.807, 2.05) is 31.2 Å². The number of carbonyl (C=O) groups is 1. The highest BCUT2D eigenvalue weighted by atomic mass is 35.5. The van der Waals surface area contributed by atoms with Gasteiger partial charge in [0.05, 0.1) is 12.6 Å². The fraction of sp³-hybridized carbons (Fsp3) is 0.476. The number of ether oxygens (including phenoxy) is 1. The third-order valence-corrected chi connectivity index (χ3v) is 5.68. The molecule has 2 aromatic rings. The van der Waals surface area contributed by atoms with Gasteiger partial charge in [0.15, 0.2) is 5.78 Å². The van der Waals surface area contributed by atoms with E-state index in [4.69, 9.17) is 22.1 Å². The van der Waals surface area contributed by atoms with Crippen molar-refractivity contribution in [2.24, 2.45) is 5.92 Å². The number of halogens is 1. The molecule has 1 aliphatic heterocycles. The van der Waals surface area contributed by atoms with Gasteiger partial charge < -0.3 is 15.4 Å². The molecule has 0 radical (unpaired) electrons. The van der Waals surface area contributed by atoms with Crippen LogP contribution in [0.2, 0.25) is 5.02 Å². The summed E-state index contributed by atoms with van der Waals surface area (Å²) >= 11 is 6.57. The zero-order valence-corrected chi connectivity index (χ0v) is 16.8. The molecule has 7 heteroatoms. The number of carbonyl (C=O) groups excluding carboxylic acids is 1. The molecule has 148 valence electrons. The molecule has 0 spiro atoms. The van der Waals surface area contributed by atoms with E-state index in [0.29, 0.717) is 36.1 Å². The Balaban J connectivity index is 1.70. The Hall–Kier alpha value is -2.18. The predicted molar refractivity (Wildman–Crippen MR) is 110 cm³/mol. The topological polar surface area (TPSA) is 81.3 Å². The van der Waals surface area contributed by atoms with Crippen molar-refractivity contribution in [1.82, 2.24) is 9.97 Å². The molecule has 2 aliphatic rings. The fourth-order valence-corrected chi connectivity index (χ4v) is 3.95. The van der Waals surface area contributed by atoms with Gasteiger partial charge in [-0.05, 0) is 55.9 Å². The summed E-state index contributed by atoms with van der Waals surface area (Å²) in [4.78, 5) is 23.4. The molecule has 2 N–H and O–H groups in total. The SMILES string of the molecule is Cc1cc(N2CCCOCC2c2cc(C(=O)CC3CC3)ccc2Cl)nc(N)n1. The number of rotatable bonds is 5. The van der Waals surface area contributed by atoms with Crippen LogP contribution in [0.4, 0.5) is 11.8 Å². The van der Waals surface area contributed by atoms with Crippen LogP contribution in [0.5, 0.6) is 0 Å². The summed E-state index contributed by atoms with van der Waals surface area (Å²) in [7, 11) is 0. The Morgan fingerprint density at radius 2 is 2.14 bits per heavy atom. The Labute approximate surface area is 170 Å². The molecule has 1 aliphatic carbocycles. The van der Waals surface area contributed by atoms with Crippen molar-refractivity contribution in [3.05, 3.63) is 46.1 Å². The Morgan fingerprint density at radius 3 is 2.89 bits per heavy atom. The lowest BCUT2D eigenvalue weighted by atomic mass is 9.98. The number of nitrogens with zero attached hydrogens (tertiary/aromatic N) is 3. The maximum absolute atomic E-state index is 12.6. The van der Waals surface area contributed by atoms with Gasteiger partial charge in [-0.2, -0.15) is 4.98 Å². The summed E-state index contributed by atoms with van der Waals surface area (Å²) < 4.78 is 5.84. The van der Waals surface area contributed by atoms with Crippen molar-refractivity contribution in [1.29, 1.82) is 0 Å². The zero-order chi connectivity index (χ0) is 19.7. The van der Waals surface area contributed by atoms with E-state index in [-0.39, 0.29) is 17.8 Å². The number of Topliss-reactive ketones (excluding diaryl/α,β-unsaturated/α-hetero) is 1. The van der Waals surface area contributed by atoms with Crippen LogP contribution in [-0.4, -0.2) is 35.5 Å². The number of nitrogens with two attached hydrogens (primary N) is 1. The van der Waals surface area contributed by atoms with Gasteiger partial charge >= 0.3 is 0 Å². The lowest BCUT2D eigenvalue weighted by Gasteiger charge is -2.31. The first-order valence-corrected chi connectivity index (χ1v) is 10.2. The molecule has 28 heavy (non-hydrogen) atoms. The van der Waals surface area contributed by atoms with Crippen LogP contribution in [0.1, 0.15) is 53.3 Å². The molecule has 1 atom stereocenters. The van der Waals surface area contributed by atoms with E-state index in [1.165, 1.54) is 0 Å². The van der Waals surface area contributed by atoms with E-state index in [2.05, 4.69) is 14.9 Å². The van der Waals surface area contributed by atoms with E-state index in [1.54, 1.807) is 0 Å². The maximum atomic E-state index is 12.6. The molecule has 0 bridgehead atoms. The third kappa shape index (κ3) is 4.28. The predicted octanol–water partition coefficient (Wildman–Crippen LogP) is 3.97. The van der Waals surface area contributed by atoms with E-state index in [9.17, 15) is 4.79 Å². The van der Waals surface area contributed by atoms with Crippen LogP contribution in [0.3, 0.4) is 0 Å². The number of aromatic nitrogens is 2. The summed E-state index contributed by atoms with van der Waals surface area (Å²) in [5.41, 5.74) is 8.30. The van der Waals surface area contributed by atoms with Crippen molar-refractivity contribution < 1.29 is 9.53 Å². The van der Waals surface area contributed by atoms with Gasteiger partial charge in [-0.25, -0.2) is 4.98 Å². The van der Waals surface area contributed by atoms with Gasteiger partial charge in [0.1, 0.15) is 5.82 Å². The van der Waals surface area contributed by atoms with Crippen molar-refractivity contribution in [2.75, 3.05) is 30.4 Å². The van der Waals surface area contributed by atoms with Crippen molar-refractivity contribution in [2.45, 2.75) is 38.6 Å². The number of nitrogen functional groups attached to an aromatic ring is 1. The Kier molecular flexibility index (Phi) is 5.51. The number of hydrogen-bond acceptors (Lipinski definition) is 6. The number of hydrogen-bond donors (Lipinski definition) is 1. The molecule has 1 saturated heterocycles. The molecule has 1 unspecified atom stereocenters. The summed E-state index contributed by atoms with van der Waals surface area (Å²) in [5.74, 6) is 1.74. The van der Waals surface area contributed by atoms with Crippen molar-refractivity contribution >= 4 is 29.2 Å². The summed E-state index contributed by atoms with van der Waals surface area (Å²) in [6.07, 6.45) is 3.81. The molecular formula is C21H25ClN4O2. The number of aryl methyl sites for hydroxylation is 1. The average molecular weight is 401 g/mol. The minimum Gasteiger partial charge on any atom is -0.379 e. The second-order valence-electron chi connectivity index (χ2n) is 7.67. The second-order valence-corrected chi connectivity index (χ2v) is 8.08. The molecule has 2 heterocycles. The van der Waals surface area contributed by atoms with Crippen LogP contribution < -0.4 is 10.6 Å². The molecule has 0 amide bonds. The molecular weight excluding hydrogens is 376 g/mol. The summed E-state index contributed by atoms with van der Waals surface area (Å²) in [5, 5.41) is 0.627. The highest BCUT2D eigenvalue weighted by Crippen LogP contribution is 2.36. The highest BCUT2D eigenvalue weighted by Gasteiger charge is 2.29. The van der Waals surface area contributed by atoms with Gasteiger partial charge in [0.2, 0.25) is 5.95 Å². The molecule has 1 aromatic carbocycles. The largest absolute Gasteiger partial charge is 0.379 e. The van der Waals surface area contributed by atoms with Gasteiger partial charge in [0.25, 0.3) is 0 Å². The third-order valence-electron chi connectivity index (χ3n) is 5.34. The van der Waals surface area contributed by atoms with Crippen LogP contribution in [0.15, 0.2) is 24.3 Å². The minimum absolute atomic E-state index is 0.141. The highest BCUT2D eigenvalue weighted by molar-refractivity contribution is 6.31. The summed E-state index contributed by atoms with van der Waals surface area (Å²) in [6.45, 7) is 3.81. The quantitative estimate of drug-likeness (QED) is 0.764. The van der Waals surface area contributed by atoms with Crippen LogP contribution in [-0.2, 0) is 4.74 Å². The molecule has 1 aromatic heterocycles. The first-order chi connectivity index (χ1) is 13.5. The lowest BCUT2D eigenvalue weighted by Crippen LogP contribution is -2.32. The molecule has 6 nitrogen and oxygen atoms in total. The monoisotopic (exact) mass is 400 g/mol. The first kappa shape index (κ1) is 19.2. The standard InChI is InChI=1S/C21H25ClN4O2/c1-13-9-20(25-21(23)24-13)26-7-2-8-28-12-18(26)16-11-15(5-6-17(16)22)19(27)10-14-3-4-14/h5-6,9,11,14,18H,2-4,7-8,10,12H2,1H3,(H2,23,24,25). The minimum atomic E-state index is -0.141. The van der Waals surface area contributed by atoms with Crippen LogP contribution in [0, 0.1) is 12.8 Å². The number of anilines is 2. The average Bonchev–Trinajstić information content (AvgIpc) is 3.47. The van der Waals surface area contributed by atoms with E-state index >= 15 is 0 Å². The number of ketones is 1. The van der Waals surface area contributed by atoms with Gasteiger partial charge in [0, 0.05) is 41.9 Å². The normalized spacial score (nSPS) is 20.1. The van der Waals surface area contributed by atoms with Crippen molar-refractivity contribution in [3.8, 4) is 0 Å².